The van der Waals surface area contributed by atoms with Crippen molar-refractivity contribution in [1.29, 1.82) is 0 Å². The number of hydrogen-bond donors (Lipinski definition) is 1. The zero-order valence-corrected chi connectivity index (χ0v) is 13.4. The summed E-state index contributed by atoms with van der Waals surface area (Å²) in [6.07, 6.45) is -6.21. The summed E-state index contributed by atoms with van der Waals surface area (Å²) in [6.45, 7) is 5.67. The number of alkyl halides is 3. The van der Waals surface area contributed by atoms with Crippen molar-refractivity contribution in [3.8, 4) is 5.75 Å². The highest BCUT2D eigenvalue weighted by Gasteiger charge is 2.48. The molecule has 130 valence electrons. The van der Waals surface area contributed by atoms with Crippen molar-refractivity contribution in [3.63, 3.8) is 0 Å². The zero-order valence-electron chi connectivity index (χ0n) is 13.4. The van der Waals surface area contributed by atoms with Gasteiger partial charge in [0.05, 0.1) is 5.57 Å². The molecule has 1 atom stereocenters. The summed E-state index contributed by atoms with van der Waals surface area (Å²) in [5.41, 5.74) is -0.700. The number of carboxylic acids is 1. The van der Waals surface area contributed by atoms with Crippen LogP contribution in [0.1, 0.15) is 43.1 Å². The number of rotatable bonds is 3. The van der Waals surface area contributed by atoms with Crippen LogP contribution in [0.4, 0.5) is 13.2 Å². The Hall–Kier alpha value is -2.31. The fourth-order valence-electron chi connectivity index (χ4n) is 2.38. The van der Waals surface area contributed by atoms with E-state index in [0.717, 1.165) is 6.08 Å². The molecule has 7 heteroatoms. The summed E-state index contributed by atoms with van der Waals surface area (Å²) in [4.78, 5) is 23.3. The van der Waals surface area contributed by atoms with Crippen LogP contribution in [0.3, 0.4) is 0 Å². The second kappa shape index (κ2) is 5.96. The summed E-state index contributed by atoms with van der Waals surface area (Å²) < 4.78 is 43.7. The van der Waals surface area contributed by atoms with Crippen LogP contribution in [-0.4, -0.2) is 29.1 Å². The molecule has 1 aliphatic heterocycles. The second-order valence-electron chi connectivity index (χ2n) is 6.86. The number of ether oxygens (including phenoxy) is 1. The van der Waals surface area contributed by atoms with Crippen molar-refractivity contribution in [3.05, 3.63) is 34.9 Å². The SMILES string of the molecule is CC(C)(C)CC(=O)c1ccc2c(c1)C=C(C(=O)O)[C@@H](C(F)(F)F)O2. The number of hydrogen-bond acceptors (Lipinski definition) is 3. The molecule has 1 heterocycles. The number of fused-ring (bicyclic) bond motifs is 1. The lowest BCUT2D eigenvalue weighted by Crippen LogP contribution is -2.40. The maximum absolute atomic E-state index is 13.0. The zero-order chi connectivity index (χ0) is 18.3. The second-order valence-corrected chi connectivity index (χ2v) is 6.86. The summed E-state index contributed by atoms with van der Waals surface area (Å²) in [5, 5.41) is 9.01. The Labute approximate surface area is 136 Å². The average molecular weight is 342 g/mol. The molecule has 1 aromatic rings. The van der Waals surface area contributed by atoms with Gasteiger partial charge in [-0.1, -0.05) is 20.8 Å². The van der Waals surface area contributed by atoms with Gasteiger partial charge in [-0.15, -0.1) is 0 Å². The van der Waals surface area contributed by atoms with Crippen LogP contribution in [0.25, 0.3) is 6.08 Å². The quantitative estimate of drug-likeness (QED) is 0.840. The first-order valence-electron chi connectivity index (χ1n) is 7.24. The fraction of sp³-hybridized carbons (Fsp3) is 0.412. The third-order valence-electron chi connectivity index (χ3n) is 3.41. The lowest BCUT2D eigenvalue weighted by molar-refractivity contribution is -0.187. The molecule has 0 radical (unpaired) electrons. The van der Waals surface area contributed by atoms with Gasteiger partial charge >= 0.3 is 12.1 Å². The standard InChI is InChI=1S/C17H17F3O4/c1-16(2,3)8-12(21)9-4-5-13-10(6-9)7-11(15(22)23)14(24-13)17(18,19)20/h4-7,14H,8H2,1-3H3,(H,22,23)/t14-/m0/s1. The van der Waals surface area contributed by atoms with Gasteiger partial charge in [0.25, 0.3) is 0 Å². The highest BCUT2D eigenvalue weighted by atomic mass is 19.4. The molecule has 2 rings (SSSR count). The Morgan fingerprint density at radius 3 is 2.33 bits per heavy atom. The minimum absolute atomic E-state index is 0.102. The smallest absolute Gasteiger partial charge is 0.430 e. The number of carbonyl (C=O) groups is 2. The van der Waals surface area contributed by atoms with E-state index in [-0.39, 0.29) is 28.9 Å². The van der Waals surface area contributed by atoms with E-state index in [0.29, 0.717) is 5.56 Å². The van der Waals surface area contributed by atoms with Crippen molar-refractivity contribution >= 4 is 17.8 Å². The minimum Gasteiger partial charge on any atom is -0.478 e. The normalized spacial score (nSPS) is 17.6. The minimum atomic E-state index is -4.84. The third kappa shape index (κ3) is 3.96. The van der Waals surface area contributed by atoms with Crippen LogP contribution in [0, 0.1) is 5.41 Å². The number of aliphatic carboxylic acids is 1. The molecule has 24 heavy (non-hydrogen) atoms. The third-order valence-corrected chi connectivity index (χ3v) is 3.41. The van der Waals surface area contributed by atoms with Crippen LogP contribution in [0.15, 0.2) is 23.8 Å². The van der Waals surface area contributed by atoms with Gasteiger partial charge < -0.3 is 9.84 Å². The Morgan fingerprint density at radius 1 is 1.21 bits per heavy atom. The maximum Gasteiger partial charge on any atom is 0.430 e. The van der Waals surface area contributed by atoms with E-state index in [1.807, 2.05) is 20.8 Å². The van der Waals surface area contributed by atoms with Gasteiger partial charge in [0.1, 0.15) is 5.75 Å². The number of carboxylic acid groups (broad SMARTS) is 1. The molecule has 0 saturated carbocycles. The van der Waals surface area contributed by atoms with Crippen LogP contribution < -0.4 is 4.74 Å². The summed E-state index contributed by atoms with van der Waals surface area (Å²) in [7, 11) is 0. The van der Waals surface area contributed by atoms with Gasteiger partial charge in [-0.05, 0) is 29.7 Å². The predicted molar refractivity (Wildman–Crippen MR) is 80.9 cm³/mol. The van der Waals surface area contributed by atoms with Crippen LogP contribution in [-0.2, 0) is 4.79 Å². The Bertz CT molecular complexity index is 712. The molecule has 0 aliphatic carbocycles. The van der Waals surface area contributed by atoms with Gasteiger partial charge in [0.15, 0.2) is 5.78 Å². The van der Waals surface area contributed by atoms with Gasteiger partial charge in [0.2, 0.25) is 6.10 Å². The first-order chi connectivity index (χ1) is 10.9. The molecule has 0 saturated heterocycles. The topological polar surface area (TPSA) is 63.6 Å². The lowest BCUT2D eigenvalue weighted by Gasteiger charge is -2.27. The molecule has 0 unspecified atom stereocenters. The molecular formula is C17H17F3O4. The maximum atomic E-state index is 13.0. The number of carbonyl (C=O) groups excluding carboxylic acids is 1. The van der Waals surface area contributed by atoms with Crippen molar-refractivity contribution in [2.45, 2.75) is 39.5 Å². The van der Waals surface area contributed by atoms with Crippen LogP contribution >= 0.6 is 0 Å². The summed E-state index contributed by atoms with van der Waals surface area (Å²) in [5.74, 6) is -1.99. The van der Waals surface area contributed by atoms with Crippen molar-refractivity contribution in [1.82, 2.24) is 0 Å². The monoisotopic (exact) mass is 342 g/mol. The molecule has 1 aliphatic rings. The molecule has 1 N–H and O–H groups in total. The van der Waals surface area contributed by atoms with E-state index in [1.165, 1.54) is 18.2 Å². The van der Waals surface area contributed by atoms with E-state index < -0.39 is 23.8 Å². The lowest BCUT2D eigenvalue weighted by atomic mass is 9.87. The molecule has 0 aromatic heterocycles. The van der Waals surface area contributed by atoms with Gasteiger partial charge in [-0.25, -0.2) is 4.79 Å². The van der Waals surface area contributed by atoms with Crippen LogP contribution in [0.5, 0.6) is 5.75 Å². The van der Waals surface area contributed by atoms with Crippen molar-refractivity contribution in [2.24, 2.45) is 5.41 Å². The first-order valence-corrected chi connectivity index (χ1v) is 7.24. The average Bonchev–Trinajstić information content (AvgIpc) is 2.42. The fourth-order valence-corrected chi connectivity index (χ4v) is 2.38. The Kier molecular flexibility index (Phi) is 4.48. The van der Waals surface area contributed by atoms with Gasteiger partial charge in [-0.3, -0.25) is 4.79 Å². The van der Waals surface area contributed by atoms with Gasteiger partial charge in [-0.2, -0.15) is 13.2 Å². The molecule has 0 fully saturated rings. The van der Waals surface area contributed by atoms with Crippen LogP contribution in [0.2, 0.25) is 0 Å². The molecule has 1 aromatic carbocycles. The highest BCUT2D eigenvalue weighted by Crippen LogP contribution is 2.38. The number of benzene rings is 1. The molecule has 0 amide bonds. The van der Waals surface area contributed by atoms with Crippen molar-refractivity contribution in [2.75, 3.05) is 0 Å². The van der Waals surface area contributed by atoms with Gasteiger partial charge in [0, 0.05) is 17.5 Å². The summed E-state index contributed by atoms with van der Waals surface area (Å²) in [6, 6.07) is 4.01. The Balaban J connectivity index is 2.42. The first kappa shape index (κ1) is 18.0. The number of ketones is 1. The summed E-state index contributed by atoms with van der Waals surface area (Å²) >= 11 is 0. The number of Topliss-reactive ketones (excluding diaryl/α,β-unsaturated/α-hetero) is 1. The highest BCUT2D eigenvalue weighted by molar-refractivity contribution is 5.99. The number of halogens is 3. The van der Waals surface area contributed by atoms with E-state index in [2.05, 4.69) is 0 Å². The largest absolute Gasteiger partial charge is 0.478 e. The van der Waals surface area contributed by atoms with E-state index in [4.69, 9.17) is 9.84 Å². The predicted octanol–water partition coefficient (Wildman–Crippen LogP) is 4.10. The van der Waals surface area contributed by atoms with Crippen molar-refractivity contribution < 1.29 is 32.6 Å². The van der Waals surface area contributed by atoms with E-state index >= 15 is 0 Å². The Morgan fingerprint density at radius 2 is 1.83 bits per heavy atom. The molecular weight excluding hydrogens is 325 g/mol. The van der Waals surface area contributed by atoms with E-state index in [1.54, 1.807) is 0 Å². The molecule has 0 spiro atoms. The molecule has 4 nitrogen and oxygen atoms in total. The van der Waals surface area contributed by atoms with E-state index in [9.17, 15) is 22.8 Å². The molecule has 0 bridgehead atoms.